The average molecular weight is 274 g/mol. The van der Waals surface area contributed by atoms with Crippen LogP contribution in [0.2, 0.25) is 0 Å². The standard InChI is InChI=1S/C16H22N2O2/c1-3-6-13(10-17)16(19)18-11(2)15-9-12-7-4-5-8-14(12)20-15/h4-5,7-9,11,13H,3,6,10,17H2,1-2H3,(H,18,19). The second kappa shape index (κ2) is 6.57. The Hall–Kier alpha value is -1.81. The molecular weight excluding hydrogens is 252 g/mol. The molecule has 1 aromatic heterocycles. The minimum Gasteiger partial charge on any atom is -0.459 e. The van der Waals surface area contributed by atoms with Gasteiger partial charge in [-0.15, -0.1) is 0 Å². The molecule has 1 heterocycles. The Morgan fingerprint density at radius 3 is 2.80 bits per heavy atom. The largest absolute Gasteiger partial charge is 0.459 e. The van der Waals surface area contributed by atoms with Gasteiger partial charge in [-0.05, 0) is 25.5 Å². The summed E-state index contributed by atoms with van der Waals surface area (Å²) in [5, 5.41) is 4.03. The van der Waals surface area contributed by atoms with Crippen LogP contribution in [0.25, 0.3) is 11.0 Å². The maximum Gasteiger partial charge on any atom is 0.224 e. The molecule has 0 saturated heterocycles. The molecule has 2 rings (SSSR count). The molecule has 4 heteroatoms. The number of benzene rings is 1. The lowest BCUT2D eigenvalue weighted by molar-refractivity contribution is -0.125. The van der Waals surface area contributed by atoms with E-state index in [1.165, 1.54) is 0 Å². The Kier molecular flexibility index (Phi) is 4.79. The van der Waals surface area contributed by atoms with Gasteiger partial charge in [0.1, 0.15) is 11.3 Å². The summed E-state index contributed by atoms with van der Waals surface area (Å²) in [7, 11) is 0. The maximum atomic E-state index is 12.1. The fourth-order valence-electron chi connectivity index (χ4n) is 2.32. The van der Waals surface area contributed by atoms with Gasteiger partial charge in [-0.2, -0.15) is 0 Å². The van der Waals surface area contributed by atoms with Crippen molar-refractivity contribution in [3.8, 4) is 0 Å². The monoisotopic (exact) mass is 274 g/mol. The van der Waals surface area contributed by atoms with Crippen LogP contribution >= 0.6 is 0 Å². The lowest BCUT2D eigenvalue weighted by atomic mass is 10.0. The number of furan rings is 1. The molecule has 0 aliphatic heterocycles. The second-order valence-electron chi connectivity index (χ2n) is 5.14. The van der Waals surface area contributed by atoms with Crippen molar-refractivity contribution >= 4 is 16.9 Å². The van der Waals surface area contributed by atoms with E-state index in [0.29, 0.717) is 6.54 Å². The molecule has 20 heavy (non-hydrogen) atoms. The zero-order chi connectivity index (χ0) is 14.5. The Balaban J connectivity index is 2.07. The number of fused-ring (bicyclic) bond motifs is 1. The van der Waals surface area contributed by atoms with Crippen molar-refractivity contribution in [2.75, 3.05) is 6.54 Å². The van der Waals surface area contributed by atoms with Gasteiger partial charge in [0.2, 0.25) is 5.91 Å². The summed E-state index contributed by atoms with van der Waals surface area (Å²) in [6.07, 6.45) is 1.77. The van der Waals surface area contributed by atoms with Crippen LogP contribution < -0.4 is 11.1 Å². The van der Waals surface area contributed by atoms with Gasteiger partial charge in [-0.3, -0.25) is 4.79 Å². The van der Waals surface area contributed by atoms with Gasteiger partial charge in [-0.25, -0.2) is 0 Å². The Morgan fingerprint density at radius 2 is 2.15 bits per heavy atom. The number of hydrogen-bond acceptors (Lipinski definition) is 3. The predicted molar refractivity (Wildman–Crippen MR) is 80.2 cm³/mol. The van der Waals surface area contributed by atoms with E-state index in [4.69, 9.17) is 10.2 Å². The van der Waals surface area contributed by atoms with Crippen LogP contribution in [0.1, 0.15) is 38.5 Å². The van der Waals surface area contributed by atoms with E-state index in [9.17, 15) is 4.79 Å². The fraction of sp³-hybridized carbons (Fsp3) is 0.438. The number of nitrogens with two attached hydrogens (primary N) is 1. The molecule has 108 valence electrons. The topological polar surface area (TPSA) is 68.3 Å². The quantitative estimate of drug-likeness (QED) is 0.851. The van der Waals surface area contributed by atoms with Crippen molar-refractivity contribution in [1.82, 2.24) is 5.32 Å². The van der Waals surface area contributed by atoms with Gasteiger partial charge in [0.15, 0.2) is 0 Å². The van der Waals surface area contributed by atoms with Gasteiger partial charge in [0, 0.05) is 11.9 Å². The number of carbonyl (C=O) groups is 1. The first-order chi connectivity index (χ1) is 9.65. The van der Waals surface area contributed by atoms with E-state index in [0.717, 1.165) is 29.6 Å². The summed E-state index contributed by atoms with van der Waals surface area (Å²) in [5.74, 6) is 0.654. The fourth-order valence-corrected chi connectivity index (χ4v) is 2.32. The second-order valence-corrected chi connectivity index (χ2v) is 5.14. The van der Waals surface area contributed by atoms with Crippen LogP contribution in [0.3, 0.4) is 0 Å². The smallest absolute Gasteiger partial charge is 0.224 e. The van der Waals surface area contributed by atoms with Gasteiger partial charge in [0.05, 0.1) is 12.0 Å². The molecule has 0 spiro atoms. The highest BCUT2D eigenvalue weighted by atomic mass is 16.3. The normalized spacial score (nSPS) is 14.2. The molecule has 3 N–H and O–H groups in total. The summed E-state index contributed by atoms with van der Waals surface area (Å²) >= 11 is 0. The molecule has 0 bridgehead atoms. The number of para-hydroxylation sites is 1. The van der Waals surface area contributed by atoms with Gasteiger partial charge in [-0.1, -0.05) is 31.5 Å². The van der Waals surface area contributed by atoms with Crippen molar-refractivity contribution in [2.24, 2.45) is 11.7 Å². The van der Waals surface area contributed by atoms with Crippen LogP contribution in [0, 0.1) is 5.92 Å². The summed E-state index contributed by atoms with van der Waals surface area (Å²) in [5.41, 5.74) is 6.49. The van der Waals surface area contributed by atoms with E-state index < -0.39 is 0 Å². The number of carbonyl (C=O) groups excluding carboxylic acids is 1. The number of hydrogen-bond donors (Lipinski definition) is 2. The first-order valence-electron chi connectivity index (χ1n) is 7.14. The van der Waals surface area contributed by atoms with Crippen molar-refractivity contribution in [2.45, 2.75) is 32.7 Å². The van der Waals surface area contributed by atoms with Crippen molar-refractivity contribution < 1.29 is 9.21 Å². The van der Waals surface area contributed by atoms with Crippen LogP contribution in [-0.4, -0.2) is 12.5 Å². The summed E-state index contributed by atoms with van der Waals surface area (Å²) in [6, 6.07) is 9.64. The van der Waals surface area contributed by atoms with E-state index in [1.807, 2.05) is 37.3 Å². The minimum absolute atomic E-state index is 0.00214. The Labute approximate surface area is 119 Å². The van der Waals surface area contributed by atoms with E-state index in [-0.39, 0.29) is 17.9 Å². The molecule has 0 radical (unpaired) electrons. The van der Waals surface area contributed by atoms with Gasteiger partial charge in [0.25, 0.3) is 0 Å². The molecule has 4 nitrogen and oxygen atoms in total. The summed E-state index contributed by atoms with van der Waals surface area (Å²) in [4.78, 5) is 12.1. The molecule has 1 amide bonds. The van der Waals surface area contributed by atoms with E-state index >= 15 is 0 Å². The average Bonchev–Trinajstić information content (AvgIpc) is 2.88. The number of rotatable bonds is 6. The van der Waals surface area contributed by atoms with Crippen molar-refractivity contribution in [1.29, 1.82) is 0 Å². The highest BCUT2D eigenvalue weighted by Crippen LogP contribution is 2.23. The van der Waals surface area contributed by atoms with Gasteiger partial charge < -0.3 is 15.5 Å². The molecular formula is C16H22N2O2. The third kappa shape index (κ3) is 3.20. The molecule has 0 fully saturated rings. The van der Waals surface area contributed by atoms with Crippen LogP contribution in [0.15, 0.2) is 34.7 Å². The number of amides is 1. The Bertz CT molecular complexity index is 544. The lowest BCUT2D eigenvalue weighted by Gasteiger charge is -2.17. The molecule has 2 aromatic rings. The number of nitrogens with one attached hydrogen (secondary N) is 1. The van der Waals surface area contributed by atoms with Crippen molar-refractivity contribution in [3.63, 3.8) is 0 Å². The van der Waals surface area contributed by atoms with Crippen LogP contribution in [0.4, 0.5) is 0 Å². The molecule has 0 saturated carbocycles. The predicted octanol–water partition coefficient (Wildman–Crippen LogP) is 2.99. The third-order valence-corrected chi connectivity index (χ3v) is 3.52. The van der Waals surface area contributed by atoms with E-state index in [1.54, 1.807) is 0 Å². The highest BCUT2D eigenvalue weighted by molar-refractivity contribution is 5.80. The molecule has 2 atom stereocenters. The highest BCUT2D eigenvalue weighted by Gasteiger charge is 2.20. The third-order valence-electron chi connectivity index (χ3n) is 3.52. The van der Waals surface area contributed by atoms with Crippen molar-refractivity contribution in [3.05, 3.63) is 36.1 Å². The first-order valence-corrected chi connectivity index (χ1v) is 7.14. The molecule has 1 aromatic carbocycles. The van der Waals surface area contributed by atoms with E-state index in [2.05, 4.69) is 12.2 Å². The van der Waals surface area contributed by atoms with Crippen LogP contribution in [-0.2, 0) is 4.79 Å². The molecule has 0 aliphatic rings. The first kappa shape index (κ1) is 14.6. The maximum absolute atomic E-state index is 12.1. The summed E-state index contributed by atoms with van der Waals surface area (Å²) in [6.45, 7) is 4.36. The van der Waals surface area contributed by atoms with Gasteiger partial charge >= 0.3 is 0 Å². The molecule has 2 unspecified atom stereocenters. The lowest BCUT2D eigenvalue weighted by Crippen LogP contribution is -2.36. The van der Waals surface area contributed by atoms with Crippen LogP contribution in [0.5, 0.6) is 0 Å². The SMILES string of the molecule is CCCC(CN)C(=O)NC(C)c1cc2ccccc2o1. The summed E-state index contributed by atoms with van der Waals surface area (Å²) < 4.78 is 5.76. The zero-order valence-electron chi connectivity index (χ0n) is 12.1. The minimum atomic E-state index is -0.152. The Morgan fingerprint density at radius 1 is 1.40 bits per heavy atom. The zero-order valence-corrected chi connectivity index (χ0v) is 12.1. The molecule has 0 aliphatic carbocycles.